The van der Waals surface area contributed by atoms with Crippen LogP contribution in [0.1, 0.15) is 69.8 Å². The molecule has 2 aliphatic rings. The van der Waals surface area contributed by atoms with Gasteiger partial charge >= 0.3 is 0 Å². The Morgan fingerprint density at radius 3 is 2.70 bits per heavy atom. The maximum Gasteiger partial charge on any atom is 0.299 e. The summed E-state index contributed by atoms with van der Waals surface area (Å²) in [5, 5.41) is 5.70. The minimum atomic E-state index is -0.528. The van der Waals surface area contributed by atoms with Gasteiger partial charge in [0, 0.05) is 29.3 Å². The van der Waals surface area contributed by atoms with Crippen LogP contribution in [0.4, 0.5) is 6.01 Å². The van der Waals surface area contributed by atoms with Crippen molar-refractivity contribution in [2.24, 2.45) is 11.1 Å². The Morgan fingerprint density at radius 2 is 2.00 bits per heavy atom. The van der Waals surface area contributed by atoms with E-state index in [1.807, 2.05) is 25.2 Å². The summed E-state index contributed by atoms with van der Waals surface area (Å²) in [6, 6.07) is 9.05. The van der Waals surface area contributed by atoms with Crippen LogP contribution < -0.4 is 5.32 Å². The lowest BCUT2D eigenvalue weighted by molar-refractivity contribution is -0.118. The molecule has 1 fully saturated rings. The number of carbonyl (C=O) groups is 1. The van der Waals surface area contributed by atoms with E-state index in [0.29, 0.717) is 24.3 Å². The Hall–Kier alpha value is -2.73. The number of benzene rings is 1. The molecule has 1 saturated carbocycles. The lowest BCUT2D eigenvalue weighted by Crippen LogP contribution is -2.19. The van der Waals surface area contributed by atoms with E-state index in [9.17, 15) is 9.70 Å². The summed E-state index contributed by atoms with van der Waals surface area (Å²) in [7, 11) is 0. The molecule has 0 radical (unpaired) electrons. The molecule has 1 heterocycles. The number of rotatable bonds is 8. The van der Waals surface area contributed by atoms with Crippen LogP contribution in [-0.2, 0) is 4.79 Å². The third-order valence-electron chi connectivity index (χ3n) is 6.67. The molecule has 0 saturated heterocycles. The van der Waals surface area contributed by atoms with E-state index in [0.717, 1.165) is 42.7 Å². The molecule has 1 amide bonds. The molecule has 2 aliphatic carbocycles. The molecule has 1 atom stereocenters. The number of oxazole rings is 1. The number of halogens is 1. The number of nitroso groups, excluding NO2 is 1. The number of aromatic nitrogens is 1. The molecule has 2 aromatic rings. The normalized spacial score (nSPS) is 24.8. The van der Waals surface area contributed by atoms with Gasteiger partial charge in [0.1, 0.15) is 0 Å². The van der Waals surface area contributed by atoms with Crippen molar-refractivity contribution >= 4 is 23.5 Å². The van der Waals surface area contributed by atoms with E-state index in [1.54, 1.807) is 6.20 Å². The predicted octanol–water partition coefficient (Wildman–Crippen LogP) is 7.33. The van der Waals surface area contributed by atoms with E-state index in [4.69, 9.17) is 16.0 Å². The quantitative estimate of drug-likeness (QED) is 0.324. The van der Waals surface area contributed by atoms with E-state index < -0.39 is 10.8 Å². The van der Waals surface area contributed by atoms with Gasteiger partial charge in [-0.25, -0.2) is 4.98 Å². The molecule has 0 aliphatic heterocycles. The molecule has 0 bridgehead atoms. The number of allylic oxidation sites excluding steroid dienone is 4. The molecule has 33 heavy (non-hydrogen) atoms. The predicted molar refractivity (Wildman–Crippen MR) is 131 cm³/mol. The highest BCUT2D eigenvalue weighted by Crippen LogP contribution is 2.38. The van der Waals surface area contributed by atoms with Crippen LogP contribution in [0.25, 0.3) is 11.3 Å². The fourth-order valence-corrected chi connectivity index (χ4v) is 5.05. The lowest BCUT2D eigenvalue weighted by Gasteiger charge is -2.28. The van der Waals surface area contributed by atoms with Gasteiger partial charge in [-0.15, -0.1) is 16.5 Å². The van der Waals surface area contributed by atoms with Crippen LogP contribution in [0, 0.1) is 10.8 Å². The Labute approximate surface area is 199 Å². The first-order valence-corrected chi connectivity index (χ1v) is 12.1. The van der Waals surface area contributed by atoms with Crippen molar-refractivity contribution < 1.29 is 9.21 Å². The van der Waals surface area contributed by atoms with Crippen molar-refractivity contribution in [1.82, 2.24) is 4.98 Å². The van der Waals surface area contributed by atoms with Crippen molar-refractivity contribution in [3.63, 3.8) is 0 Å². The van der Waals surface area contributed by atoms with E-state index in [1.165, 1.54) is 18.4 Å². The molecule has 7 heteroatoms. The van der Waals surface area contributed by atoms with Gasteiger partial charge in [0.25, 0.3) is 11.9 Å². The molecule has 1 N–H and O–H groups in total. The second-order valence-electron chi connectivity index (χ2n) is 9.38. The summed E-state index contributed by atoms with van der Waals surface area (Å²) in [5.41, 5.74) is 3.33. The topological polar surface area (TPSA) is 84.6 Å². The zero-order chi connectivity index (χ0) is 23.3. The number of amides is 1. The summed E-state index contributed by atoms with van der Waals surface area (Å²) in [5.74, 6) is 1.41. The molecule has 1 aromatic carbocycles. The second kappa shape index (κ2) is 10.5. The average Bonchev–Trinajstić information content (AvgIpc) is 3.27. The maximum atomic E-state index is 11.0. The monoisotopic (exact) mass is 467 g/mol. The fourth-order valence-electron chi connectivity index (χ4n) is 4.84. The van der Waals surface area contributed by atoms with Crippen LogP contribution in [0.15, 0.2) is 64.0 Å². The van der Waals surface area contributed by atoms with Gasteiger partial charge in [0.05, 0.1) is 11.1 Å². The number of anilines is 1. The lowest BCUT2D eigenvalue weighted by atomic mass is 9.77. The van der Waals surface area contributed by atoms with Crippen LogP contribution >= 0.6 is 11.6 Å². The molecule has 174 valence electrons. The van der Waals surface area contributed by atoms with Gasteiger partial charge in [-0.1, -0.05) is 36.4 Å². The molecule has 1 unspecified atom stereocenters. The highest BCUT2D eigenvalue weighted by molar-refractivity contribution is 6.25. The van der Waals surface area contributed by atoms with Crippen LogP contribution in [0.2, 0.25) is 0 Å². The smallest absolute Gasteiger partial charge is 0.299 e. The number of hydrogen-bond donors (Lipinski definition) is 1. The van der Waals surface area contributed by atoms with E-state index >= 15 is 0 Å². The Kier molecular flexibility index (Phi) is 7.43. The maximum absolute atomic E-state index is 11.0. The standard InChI is InChI=1S/C26H30ClN3O3/c1-26(27)15-3-5-22(16-26)29-25-28-17-23(33-25)21-13-11-20(12-14-21)19-9-7-18(8-10-19)4-2-6-24(31)30-32/h3,5,11-15,17-19H,2,4,6-10,16H2,1H3,(H,28,29). The molecule has 0 spiro atoms. The molecular formula is C26H30ClN3O3. The van der Waals surface area contributed by atoms with Crippen molar-refractivity contribution in [1.29, 1.82) is 0 Å². The molecule has 4 rings (SSSR count). The van der Waals surface area contributed by atoms with Crippen molar-refractivity contribution in [3.05, 3.63) is 64.9 Å². The van der Waals surface area contributed by atoms with E-state index in [2.05, 4.69) is 39.7 Å². The van der Waals surface area contributed by atoms with Gasteiger partial charge < -0.3 is 9.73 Å². The second-order valence-corrected chi connectivity index (χ2v) is 10.2. The van der Waals surface area contributed by atoms with Gasteiger partial charge in [-0.05, 0) is 68.9 Å². The summed E-state index contributed by atoms with van der Waals surface area (Å²) in [4.78, 5) is 25.2. The molecule has 1 aromatic heterocycles. The Bertz CT molecular complexity index is 1030. The Morgan fingerprint density at radius 1 is 1.24 bits per heavy atom. The number of nitrogens with one attached hydrogen (secondary N) is 1. The highest BCUT2D eigenvalue weighted by atomic mass is 35.5. The number of hydrogen-bond acceptors (Lipinski definition) is 5. The Balaban J connectivity index is 1.29. The summed E-state index contributed by atoms with van der Waals surface area (Å²) >= 11 is 6.42. The largest absolute Gasteiger partial charge is 0.423 e. The van der Waals surface area contributed by atoms with Crippen LogP contribution in [-0.4, -0.2) is 15.8 Å². The van der Waals surface area contributed by atoms with Crippen LogP contribution in [0.3, 0.4) is 0 Å². The molecule has 6 nitrogen and oxygen atoms in total. The minimum Gasteiger partial charge on any atom is -0.423 e. The third kappa shape index (κ3) is 6.41. The summed E-state index contributed by atoms with van der Waals surface area (Å²) in [6.45, 7) is 1.98. The van der Waals surface area contributed by atoms with Gasteiger partial charge in [-0.3, -0.25) is 4.79 Å². The van der Waals surface area contributed by atoms with Crippen molar-refractivity contribution in [2.45, 2.75) is 69.1 Å². The van der Waals surface area contributed by atoms with Gasteiger partial charge in [0.15, 0.2) is 5.76 Å². The SMILES string of the molecule is CC1(Cl)C=CC=C(Nc2ncc(-c3ccc(C4CCC(CCCC(=O)N=O)CC4)cc3)o2)C1. The van der Waals surface area contributed by atoms with Crippen molar-refractivity contribution in [2.75, 3.05) is 5.32 Å². The minimum absolute atomic E-state index is 0.282. The van der Waals surface area contributed by atoms with Gasteiger partial charge in [-0.2, -0.15) is 0 Å². The third-order valence-corrected chi connectivity index (χ3v) is 6.93. The van der Waals surface area contributed by atoms with Crippen molar-refractivity contribution in [3.8, 4) is 11.3 Å². The zero-order valence-corrected chi connectivity index (χ0v) is 19.7. The fraction of sp³-hybridized carbons (Fsp3) is 0.462. The number of nitrogens with zero attached hydrogens (tertiary/aromatic N) is 2. The first-order valence-electron chi connectivity index (χ1n) is 11.7. The number of carbonyl (C=O) groups excluding carboxylic acids is 1. The molecular weight excluding hydrogens is 438 g/mol. The number of alkyl halides is 1. The highest BCUT2D eigenvalue weighted by Gasteiger charge is 2.24. The summed E-state index contributed by atoms with van der Waals surface area (Å²) in [6.07, 6.45) is 15.0. The van der Waals surface area contributed by atoms with Gasteiger partial charge in [0.2, 0.25) is 0 Å². The first-order chi connectivity index (χ1) is 15.9. The average molecular weight is 468 g/mol. The zero-order valence-electron chi connectivity index (χ0n) is 18.9. The first kappa shape index (κ1) is 23.4. The van der Waals surface area contributed by atoms with E-state index in [-0.39, 0.29) is 6.42 Å². The van der Waals surface area contributed by atoms with Crippen LogP contribution in [0.5, 0.6) is 0 Å². The summed E-state index contributed by atoms with van der Waals surface area (Å²) < 4.78 is 5.92.